The summed E-state index contributed by atoms with van der Waals surface area (Å²) in [5, 5.41) is 15.2. The highest BCUT2D eigenvalue weighted by Gasteiger charge is 2.27. The summed E-state index contributed by atoms with van der Waals surface area (Å²) in [4.78, 5) is 0. The summed E-state index contributed by atoms with van der Waals surface area (Å²) in [6.07, 6.45) is 0. The first kappa shape index (κ1) is 80.5. The average Bonchev–Trinajstić information content (AvgIpc) is 1.55. The first-order valence-corrected chi connectivity index (χ1v) is 47.4. The van der Waals surface area contributed by atoms with Gasteiger partial charge in [0.15, 0.2) is 0 Å². The minimum Gasteiger partial charge on any atom is -0.309 e. The molecule has 0 amide bonds. The Labute approximate surface area is 798 Å². The van der Waals surface area contributed by atoms with Crippen molar-refractivity contribution in [2.45, 2.75) is 0 Å². The first-order valence-electron chi connectivity index (χ1n) is 47.4. The maximum Gasteiger partial charge on any atom is 0.0641 e. The molecule has 0 saturated carbocycles. The van der Waals surface area contributed by atoms with E-state index in [-0.39, 0.29) is 0 Å². The lowest BCUT2D eigenvalue weighted by atomic mass is 10.00. The SMILES string of the molecule is c1ccc(-c2ccc(-c3ccc(-n4c5cc(-c6ccccc6)ccc5c5c6c7ccccc7n(-c7ccccc7)c6ccc54)cc3)cc2)cc1.c1ccc(-c2ccc(-c3cccc(-n4c5cc(-c6ccccc6)ccc5c5c6c7ccccc7n(-c7ccccc7)c6ccc54)c3)cc2)cc1.c1ccc(-c2ccc3c4c(ccc5c6ccccc6n(-c6ccccc6)c54)n(-c4ccccc4)c3c2)cc1. The van der Waals surface area contributed by atoms with Gasteiger partial charge in [-0.2, -0.15) is 0 Å². The molecule has 28 rings (SSSR count). The van der Waals surface area contributed by atoms with Gasteiger partial charge < -0.3 is 27.4 Å². The quantitative estimate of drug-likeness (QED) is 0.110. The van der Waals surface area contributed by atoms with Crippen LogP contribution in [0.3, 0.4) is 0 Å². The molecule has 6 aromatic heterocycles. The van der Waals surface area contributed by atoms with Crippen molar-refractivity contribution in [3.8, 4) is 112 Å². The minimum absolute atomic E-state index is 1.14. The molecule has 0 radical (unpaired) electrons. The molecule has 0 aliphatic carbocycles. The van der Waals surface area contributed by atoms with Crippen molar-refractivity contribution in [2.24, 2.45) is 0 Å². The fourth-order valence-electron chi connectivity index (χ4n) is 21.7. The van der Waals surface area contributed by atoms with Crippen LogP contribution in [0.25, 0.3) is 243 Å². The zero-order valence-corrected chi connectivity index (χ0v) is 75.5. The van der Waals surface area contributed by atoms with E-state index in [9.17, 15) is 0 Å². The van der Waals surface area contributed by atoms with Gasteiger partial charge in [-0.3, -0.25) is 0 Å². The van der Waals surface area contributed by atoms with Crippen LogP contribution in [0.15, 0.2) is 534 Å². The van der Waals surface area contributed by atoms with Crippen molar-refractivity contribution in [1.82, 2.24) is 27.4 Å². The highest BCUT2D eigenvalue weighted by atomic mass is 15.0. The molecule has 646 valence electrons. The second-order valence-electron chi connectivity index (χ2n) is 35.7. The lowest BCUT2D eigenvalue weighted by molar-refractivity contribution is 1.17. The number of para-hydroxylation sites is 7. The fraction of sp³-hybridized carbons (Fsp3) is 0. The monoisotopic (exact) mass is 1760 g/mol. The zero-order valence-electron chi connectivity index (χ0n) is 75.5. The Morgan fingerprint density at radius 3 is 0.659 bits per heavy atom. The molecule has 0 atom stereocenters. The smallest absolute Gasteiger partial charge is 0.0641 e. The van der Waals surface area contributed by atoms with Gasteiger partial charge in [-0.15, -0.1) is 0 Å². The Hall–Kier alpha value is -18.4. The summed E-state index contributed by atoms with van der Waals surface area (Å²) < 4.78 is 14.6. The molecule has 0 unspecified atom stereocenters. The molecule has 0 N–H and O–H groups in total. The van der Waals surface area contributed by atoms with Crippen LogP contribution in [-0.2, 0) is 0 Å². The normalized spacial score (nSPS) is 11.6. The van der Waals surface area contributed by atoms with Crippen molar-refractivity contribution in [1.29, 1.82) is 0 Å². The lowest BCUT2D eigenvalue weighted by Crippen LogP contribution is -1.95. The van der Waals surface area contributed by atoms with Gasteiger partial charge in [0.05, 0.1) is 66.2 Å². The van der Waals surface area contributed by atoms with Gasteiger partial charge >= 0.3 is 0 Å². The fourth-order valence-corrected chi connectivity index (χ4v) is 21.7. The van der Waals surface area contributed by atoms with Gasteiger partial charge in [-0.1, -0.05) is 394 Å². The molecule has 6 nitrogen and oxygen atoms in total. The van der Waals surface area contributed by atoms with E-state index in [1.54, 1.807) is 0 Å². The van der Waals surface area contributed by atoms with E-state index in [0.29, 0.717) is 0 Å². The van der Waals surface area contributed by atoms with E-state index in [1.165, 1.54) is 231 Å². The maximum absolute atomic E-state index is 2.47. The van der Waals surface area contributed by atoms with Gasteiger partial charge in [0.2, 0.25) is 0 Å². The topological polar surface area (TPSA) is 29.6 Å². The third-order valence-electron chi connectivity index (χ3n) is 28.0. The van der Waals surface area contributed by atoms with Crippen LogP contribution in [0.2, 0.25) is 0 Å². The molecule has 0 spiro atoms. The summed E-state index contributed by atoms with van der Waals surface area (Å²) in [7, 11) is 0. The second kappa shape index (κ2) is 34.0. The molecule has 0 aliphatic rings. The molecule has 0 bridgehead atoms. The largest absolute Gasteiger partial charge is 0.309 e. The third-order valence-corrected chi connectivity index (χ3v) is 28.0. The Morgan fingerprint density at radius 1 is 0.0942 bits per heavy atom. The van der Waals surface area contributed by atoms with Gasteiger partial charge in [0, 0.05) is 98.8 Å². The van der Waals surface area contributed by atoms with Crippen LogP contribution < -0.4 is 0 Å². The number of aromatic nitrogens is 6. The molecule has 0 saturated heterocycles. The Balaban J connectivity index is 0.000000108. The lowest BCUT2D eigenvalue weighted by Gasteiger charge is -2.12. The van der Waals surface area contributed by atoms with E-state index in [2.05, 4.69) is 561 Å². The van der Waals surface area contributed by atoms with E-state index in [0.717, 1.165) is 11.4 Å². The molecule has 22 aromatic carbocycles. The summed E-state index contributed by atoms with van der Waals surface area (Å²) in [6, 6.07) is 193. The molecule has 0 fully saturated rings. The number of hydrogen-bond acceptors (Lipinski definition) is 0. The van der Waals surface area contributed by atoms with Crippen LogP contribution in [0, 0.1) is 0 Å². The van der Waals surface area contributed by atoms with E-state index < -0.39 is 0 Å². The molecule has 28 aromatic rings. The summed E-state index contributed by atoms with van der Waals surface area (Å²) in [5.41, 5.74) is 38.5. The van der Waals surface area contributed by atoms with Crippen molar-refractivity contribution in [3.05, 3.63) is 534 Å². The van der Waals surface area contributed by atoms with Crippen LogP contribution in [0.1, 0.15) is 0 Å². The predicted molar refractivity (Wildman–Crippen MR) is 583 cm³/mol. The molecule has 6 heteroatoms. The Bertz CT molecular complexity index is 9470. The summed E-state index contributed by atoms with van der Waals surface area (Å²) >= 11 is 0. The maximum atomic E-state index is 2.47. The first-order chi connectivity index (χ1) is 68.5. The second-order valence-corrected chi connectivity index (χ2v) is 35.7. The van der Waals surface area contributed by atoms with Crippen molar-refractivity contribution in [3.63, 3.8) is 0 Å². The van der Waals surface area contributed by atoms with Crippen LogP contribution in [0.5, 0.6) is 0 Å². The molecular formula is C132H88N6. The van der Waals surface area contributed by atoms with Crippen LogP contribution in [-0.4, -0.2) is 27.4 Å². The predicted octanol–water partition coefficient (Wildman–Crippen LogP) is 35.3. The van der Waals surface area contributed by atoms with Crippen LogP contribution >= 0.6 is 0 Å². The number of benzene rings is 22. The summed E-state index contributed by atoms with van der Waals surface area (Å²) in [6.45, 7) is 0. The number of hydrogen-bond donors (Lipinski definition) is 0. The van der Waals surface area contributed by atoms with E-state index in [1.807, 2.05) is 0 Å². The van der Waals surface area contributed by atoms with Crippen molar-refractivity contribution >= 4 is 131 Å². The number of rotatable bonds is 13. The van der Waals surface area contributed by atoms with Crippen LogP contribution in [0.4, 0.5) is 0 Å². The standard InChI is InChI=1S/2C48H32N2.C36H24N2/c1-4-13-33(14-5-1)35-23-25-36(26-24-35)37-17-12-20-40(31-37)50-45-30-29-44-47(41-21-10-11-22-43(41)49(44)39-18-8-3-9-19-39)48(45)42-28-27-38(32-46(42)50)34-15-6-2-7-16-34;1-4-12-33(13-5-1)35-20-22-36(23-21-35)37-24-27-40(28-25-37)50-45-31-30-44-47(41-18-10-11-19-43(41)49(44)39-16-8-3-9-17-39)48(45)42-29-26-38(32-46(42)50)34-14-6-2-7-15-34;1-4-12-25(13-5-1)26-20-21-31-34(24-26)37(27-14-6-2-7-15-27)33-23-22-30-29-18-10-11-19-32(29)38(36(30)35(31)33)28-16-8-3-9-17-28/h2*1-32H;1-24H. The molecule has 138 heavy (non-hydrogen) atoms. The molecule has 6 heterocycles. The van der Waals surface area contributed by atoms with E-state index >= 15 is 0 Å². The highest BCUT2D eigenvalue weighted by Crippen LogP contribution is 2.49. The third kappa shape index (κ3) is 13.8. The Kier molecular flexibility index (Phi) is 19.9. The van der Waals surface area contributed by atoms with Crippen molar-refractivity contribution < 1.29 is 0 Å². The number of fused-ring (bicyclic) bond motifs is 21. The van der Waals surface area contributed by atoms with Gasteiger partial charge in [-0.05, 0) is 217 Å². The van der Waals surface area contributed by atoms with Gasteiger partial charge in [0.1, 0.15) is 0 Å². The van der Waals surface area contributed by atoms with E-state index in [4.69, 9.17) is 0 Å². The van der Waals surface area contributed by atoms with Crippen molar-refractivity contribution in [2.75, 3.05) is 0 Å². The average molecular weight is 1760 g/mol. The molecule has 0 aliphatic heterocycles. The zero-order chi connectivity index (χ0) is 91.1. The number of nitrogens with zero attached hydrogens (tertiary/aromatic N) is 6. The van der Waals surface area contributed by atoms with Gasteiger partial charge in [-0.25, -0.2) is 0 Å². The Morgan fingerprint density at radius 2 is 0.297 bits per heavy atom. The van der Waals surface area contributed by atoms with Gasteiger partial charge in [0.25, 0.3) is 0 Å². The molecular weight excluding hydrogens is 1670 g/mol. The minimum atomic E-state index is 1.14. The highest BCUT2D eigenvalue weighted by molar-refractivity contribution is 6.32. The summed E-state index contributed by atoms with van der Waals surface area (Å²) in [5.74, 6) is 0.